The van der Waals surface area contributed by atoms with E-state index in [1.165, 1.54) is 17.7 Å². The van der Waals surface area contributed by atoms with Gasteiger partial charge in [-0.1, -0.05) is 17.7 Å². The Morgan fingerprint density at radius 3 is 2.75 bits per heavy atom. The van der Waals surface area contributed by atoms with E-state index in [4.69, 9.17) is 17.3 Å². The summed E-state index contributed by atoms with van der Waals surface area (Å²) in [6.45, 7) is 4.82. The van der Waals surface area contributed by atoms with Crippen molar-refractivity contribution in [1.82, 2.24) is 14.9 Å². The van der Waals surface area contributed by atoms with Gasteiger partial charge in [0.2, 0.25) is 5.91 Å². The third-order valence-corrected chi connectivity index (χ3v) is 8.34. The van der Waals surface area contributed by atoms with Crippen LogP contribution in [0, 0.1) is 5.82 Å². The van der Waals surface area contributed by atoms with Crippen LogP contribution in [0.2, 0.25) is 5.02 Å². The van der Waals surface area contributed by atoms with Crippen molar-refractivity contribution in [3.05, 3.63) is 52.2 Å². The number of halogens is 2. The Bertz CT molecular complexity index is 1040. The molecule has 2 atom stereocenters. The number of rotatable bonds is 5. The lowest BCUT2D eigenvalue weighted by molar-refractivity contribution is -0.133. The highest BCUT2D eigenvalue weighted by molar-refractivity contribution is 7.99. The van der Waals surface area contributed by atoms with Gasteiger partial charge >= 0.3 is 0 Å². The molecule has 1 aliphatic carbocycles. The Hall–Kier alpha value is -1.90. The van der Waals surface area contributed by atoms with Crippen LogP contribution in [-0.4, -0.2) is 52.5 Å². The largest absolute Gasteiger partial charge is 0.353 e. The minimum Gasteiger partial charge on any atom is -0.353 e. The van der Waals surface area contributed by atoms with Crippen LogP contribution < -0.4 is 10.6 Å². The molecule has 1 aromatic heterocycles. The molecular formula is C23H27ClFN5OS. The van der Waals surface area contributed by atoms with Gasteiger partial charge in [-0.05, 0) is 43.9 Å². The molecule has 5 rings (SSSR count). The van der Waals surface area contributed by atoms with Crippen LogP contribution in [-0.2, 0) is 10.5 Å². The van der Waals surface area contributed by atoms with Crippen LogP contribution in [0.25, 0.3) is 0 Å². The van der Waals surface area contributed by atoms with Crippen molar-refractivity contribution in [1.29, 1.82) is 0 Å². The van der Waals surface area contributed by atoms with Gasteiger partial charge in [-0.3, -0.25) is 4.79 Å². The molecule has 32 heavy (non-hydrogen) atoms. The van der Waals surface area contributed by atoms with Crippen molar-refractivity contribution in [2.75, 3.05) is 31.1 Å². The highest BCUT2D eigenvalue weighted by Crippen LogP contribution is 2.44. The van der Waals surface area contributed by atoms with Gasteiger partial charge in [0, 0.05) is 48.3 Å². The van der Waals surface area contributed by atoms with Gasteiger partial charge < -0.3 is 15.5 Å². The monoisotopic (exact) mass is 475 g/mol. The first-order valence-corrected chi connectivity index (χ1v) is 12.5. The average Bonchev–Trinajstić information content (AvgIpc) is 3.41. The van der Waals surface area contributed by atoms with Crippen LogP contribution in [0.3, 0.4) is 0 Å². The second kappa shape index (κ2) is 8.47. The van der Waals surface area contributed by atoms with Gasteiger partial charge in [0.05, 0.1) is 16.6 Å². The van der Waals surface area contributed by atoms with Gasteiger partial charge in [0.25, 0.3) is 0 Å². The summed E-state index contributed by atoms with van der Waals surface area (Å²) in [5.41, 5.74) is 9.04. The van der Waals surface area contributed by atoms with E-state index in [2.05, 4.69) is 21.8 Å². The van der Waals surface area contributed by atoms with E-state index in [1.807, 2.05) is 16.7 Å². The highest BCUT2D eigenvalue weighted by Gasteiger charge is 2.43. The summed E-state index contributed by atoms with van der Waals surface area (Å²) in [4.78, 5) is 26.7. The van der Waals surface area contributed by atoms with Crippen LogP contribution in [0.5, 0.6) is 0 Å². The Balaban J connectivity index is 1.32. The summed E-state index contributed by atoms with van der Waals surface area (Å²) in [5, 5.41) is 0.441. The second-order valence-electron chi connectivity index (χ2n) is 9.12. The zero-order valence-electron chi connectivity index (χ0n) is 18.1. The number of amides is 1. The number of hydrogen-bond acceptors (Lipinski definition) is 6. The molecule has 0 spiro atoms. The first-order chi connectivity index (χ1) is 15.3. The summed E-state index contributed by atoms with van der Waals surface area (Å²) < 4.78 is 14.2. The topological polar surface area (TPSA) is 75.4 Å². The Kier molecular flexibility index (Phi) is 5.80. The lowest BCUT2D eigenvalue weighted by Gasteiger charge is -2.38. The van der Waals surface area contributed by atoms with Crippen molar-refractivity contribution in [3.63, 3.8) is 0 Å². The van der Waals surface area contributed by atoms with E-state index in [0.29, 0.717) is 43.4 Å². The number of carbonyl (C=O) groups excluding carboxylic acids is 1. The normalized spacial score (nSPS) is 22.6. The van der Waals surface area contributed by atoms with Crippen LogP contribution in [0.15, 0.2) is 24.5 Å². The van der Waals surface area contributed by atoms with Gasteiger partial charge in [0.1, 0.15) is 18.0 Å². The van der Waals surface area contributed by atoms with Crippen molar-refractivity contribution in [2.24, 2.45) is 5.73 Å². The zero-order valence-corrected chi connectivity index (χ0v) is 19.6. The fraction of sp³-hybridized carbons (Fsp3) is 0.522. The molecule has 6 nitrogen and oxygen atoms in total. The average molecular weight is 476 g/mol. The fourth-order valence-corrected chi connectivity index (χ4v) is 5.86. The number of carbonyl (C=O) groups is 1. The number of nitrogens with zero attached hydrogens (tertiary/aromatic N) is 4. The summed E-state index contributed by atoms with van der Waals surface area (Å²) in [7, 11) is 0. The standard InChI is InChI=1S/C23H27ClFN5OS/c1-14-20-19(12-32-14)27-13-28-21(20)29-6-8-30(9-7-29)22(31)16(11-23(26)4-5-23)15-2-3-17(24)18(25)10-15/h2-3,10,13-14,16H,4-9,11-12,26H2,1H3. The SMILES string of the molecule is CC1SCc2ncnc(N3CCN(C(=O)C(CC4(N)CC4)c4ccc(Cl)c(F)c4)CC3)c21. The number of fused-ring (bicyclic) bond motifs is 1. The molecule has 9 heteroatoms. The van der Waals surface area contributed by atoms with E-state index in [0.717, 1.165) is 30.1 Å². The molecule has 2 unspecified atom stereocenters. The number of hydrogen-bond donors (Lipinski definition) is 1. The van der Waals surface area contributed by atoms with E-state index in [-0.39, 0.29) is 16.5 Å². The molecule has 170 valence electrons. The van der Waals surface area contributed by atoms with Gasteiger partial charge in [-0.2, -0.15) is 0 Å². The maximum absolute atomic E-state index is 14.2. The molecule has 0 bridgehead atoms. The number of anilines is 1. The molecule has 2 aliphatic heterocycles. The van der Waals surface area contributed by atoms with Gasteiger partial charge in [-0.15, -0.1) is 11.8 Å². The molecule has 1 saturated carbocycles. The number of aromatic nitrogens is 2. The Morgan fingerprint density at radius 2 is 2.06 bits per heavy atom. The first-order valence-electron chi connectivity index (χ1n) is 11.1. The second-order valence-corrected chi connectivity index (χ2v) is 10.9. The number of benzene rings is 1. The molecule has 1 amide bonds. The van der Waals surface area contributed by atoms with Crippen LogP contribution in [0.1, 0.15) is 54.2 Å². The van der Waals surface area contributed by atoms with Crippen molar-refractivity contribution in [3.8, 4) is 0 Å². The van der Waals surface area contributed by atoms with Crippen LogP contribution in [0.4, 0.5) is 10.2 Å². The van der Waals surface area contributed by atoms with E-state index >= 15 is 0 Å². The molecule has 2 N–H and O–H groups in total. The first kappa shape index (κ1) is 21.9. The molecule has 1 aromatic carbocycles. The smallest absolute Gasteiger partial charge is 0.230 e. The van der Waals surface area contributed by atoms with Gasteiger partial charge in [-0.25, -0.2) is 14.4 Å². The third-order valence-electron chi connectivity index (χ3n) is 6.86. The number of nitrogens with two attached hydrogens (primary N) is 1. The van der Waals surface area contributed by atoms with Crippen LogP contribution >= 0.6 is 23.4 Å². The summed E-state index contributed by atoms with van der Waals surface area (Å²) >= 11 is 7.75. The lowest BCUT2D eigenvalue weighted by atomic mass is 9.89. The summed E-state index contributed by atoms with van der Waals surface area (Å²) in [6, 6.07) is 4.66. The lowest BCUT2D eigenvalue weighted by Crippen LogP contribution is -2.51. The quantitative estimate of drug-likeness (QED) is 0.707. The minimum absolute atomic E-state index is 0.0138. The van der Waals surface area contributed by atoms with Crippen molar-refractivity contribution >= 4 is 35.1 Å². The van der Waals surface area contributed by atoms with Gasteiger partial charge in [0.15, 0.2) is 0 Å². The molecule has 1 saturated heterocycles. The Morgan fingerprint density at radius 1 is 1.31 bits per heavy atom. The minimum atomic E-state index is -0.502. The van der Waals surface area contributed by atoms with E-state index in [9.17, 15) is 9.18 Å². The van der Waals surface area contributed by atoms with Crippen molar-refractivity contribution < 1.29 is 9.18 Å². The molecule has 3 aliphatic rings. The molecule has 3 heterocycles. The maximum Gasteiger partial charge on any atom is 0.230 e. The van der Waals surface area contributed by atoms with E-state index in [1.54, 1.807) is 12.4 Å². The summed E-state index contributed by atoms with van der Waals surface area (Å²) in [5.74, 6) is 0.971. The molecule has 0 radical (unpaired) electrons. The third kappa shape index (κ3) is 4.20. The zero-order chi connectivity index (χ0) is 22.5. The molecular weight excluding hydrogens is 449 g/mol. The predicted octanol–water partition coefficient (Wildman–Crippen LogP) is 3.89. The molecule has 2 aromatic rings. The predicted molar refractivity (Wildman–Crippen MR) is 125 cm³/mol. The van der Waals surface area contributed by atoms with E-state index < -0.39 is 11.7 Å². The fourth-order valence-electron chi connectivity index (χ4n) is 4.70. The number of piperazine rings is 1. The number of thioether (sulfide) groups is 1. The Labute approximate surface area is 196 Å². The molecule has 2 fully saturated rings. The maximum atomic E-state index is 14.2. The van der Waals surface area contributed by atoms with Crippen molar-refractivity contribution in [2.45, 2.75) is 48.6 Å². The summed E-state index contributed by atoms with van der Waals surface area (Å²) in [6.07, 6.45) is 3.97. The highest BCUT2D eigenvalue weighted by atomic mass is 35.5.